The van der Waals surface area contributed by atoms with Crippen molar-refractivity contribution in [2.75, 3.05) is 7.11 Å². The van der Waals surface area contributed by atoms with E-state index in [1.54, 1.807) is 37.4 Å². The summed E-state index contributed by atoms with van der Waals surface area (Å²) in [6.45, 7) is 0.251. The van der Waals surface area contributed by atoms with Gasteiger partial charge in [0, 0.05) is 11.6 Å². The van der Waals surface area contributed by atoms with E-state index in [1.165, 1.54) is 30.3 Å². The number of carboxylic acids is 1. The molecular weight excluding hydrogens is 425 g/mol. The summed E-state index contributed by atoms with van der Waals surface area (Å²) < 4.78 is 51.9. The molecule has 1 N–H and O–H groups in total. The molecule has 0 aliphatic heterocycles. The molecule has 0 fully saturated rings. The van der Waals surface area contributed by atoms with Crippen LogP contribution < -0.4 is 14.2 Å². The molecule has 0 heterocycles. The molecule has 0 spiro atoms. The van der Waals surface area contributed by atoms with E-state index in [1.807, 2.05) is 12.1 Å². The number of methoxy groups -OCH3 is 1. The van der Waals surface area contributed by atoms with E-state index in [0.717, 1.165) is 17.4 Å². The highest BCUT2D eigenvalue weighted by Gasteiger charge is 2.30. The van der Waals surface area contributed by atoms with Gasteiger partial charge in [-0.15, -0.1) is 13.2 Å². The van der Waals surface area contributed by atoms with Gasteiger partial charge in [-0.1, -0.05) is 30.3 Å². The maximum Gasteiger partial charge on any atom is 0.573 e. The van der Waals surface area contributed by atoms with Gasteiger partial charge in [0.05, 0.1) is 7.11 Å². The molecule has 0 aliphatic rings. The van der Waals surface area contributed by atoms with Crippen LogP contribution in [0.3, 0.4) is 0 Å². The molecule has 0 atom stereocenters. The van der Waals surface area contributed by atoms with Crippen molar-refractivity contribution in [2.45, 2.75) is 13.0 Å². The van der Waals surface area contributed by atoms with E-state index >= 15 is 0 Å². The lowest BCUT2D eigenvalue weighted by Crippen LogP contribution is -2.16. The first-order valence-electron chi connectivity index (χ1n) is 9.40. The Morgan fingerprint density at radius 1 is 0.938 bits per heavy atom. The molecule has 32 heavy (non-hydrogen) atoms. The van der Waals surface area contributed by atoms with Crippen LogP contribution in [0.15, 0.2) is 72.8 Å². The minimum absolute atomic E-state index is 0.251. The summed E-state index contributed by atoms with van der Waals surface area (Å²) in [5.74, 6) is -0.272. The average molecular weight is 444 g/mol. The normalized spacial score (nSPS) is 11.4. The molecule has 3 aromatic carbocycles. The van der Waals surface area contributed by atoms with Crippen LogP contribution >= 0.6 is 0 Å². The second kappa shape index (κ2) is 9.91. The van der Waals surface area contributed by atoms with E-state index < -0.39 is 12.3 Å². The fourth-order valence-electron chi connectivity index (χ4n) is 2.88. The number of carboxylic acid groups (broad SMARTS) is 1. The third-order valence-electron chi connectivity index (χ3n) is 4.39. The minimum atomic E-state index is -4.76. The second-order valence-corrected chi connectivity index (χ2v) is 6.63. The summed E-state index contributed by atoms with van der Waals surface area (Å²) in [5, 5.41) is 8.99. The van der Waals surface area contributed by atoms with Gasteiger partial charge in [-0.25, -0.2) is 4.79 Å². The van der Waals surface area contributed by atoms with Gasteiger partial charge in [0.15, 0.2) is 0 Å². The fraction of sp³-hybridized carbons (Fsp3) is 0.125. The van der Waals surface area contributed by atoms with E-state index in [-0.39, 0.29) is 12.4 Å². The quantitative estimate of drug-likeness (QED) is 0.436. The number of carbonyl (C=O) groups is 1. The zero-order chi connectivity index (χ0) is 23.1. The number of alkyl halides is 3. The third kappa shape index (κ3) is 6.53. The molecule has 5 nitrogen and oxygen atoms in total. The first-order valence-corrected chi connectivity index (χ1v) is 9.40. The van der Waals surface area contributed by atoms with Crippen molar-refractivity contribution in [3.63, 3.8) is 0 Å². The lowest BCUT2D eigenvalue weighted by atomic mass is 10.0. The number of aliphatic carboxylic acids is 1. The van der Waals surface area contributed by atoms with Crippen LogP contribution in [0.4, 0.5) is 13.2 Å². The first-order chi connectivity index (χ1) is 15.2. The molecule has 0 saturated heterocycles. The number of hydrogen-bond acceptors (Lipinski definition) is 4. The summed E-state index contributed by atoms with van der Waals surface area (Å²) >= 11 is 0. The minimum Gasteiger partial charge on any atom is -0.497 e. The molecule has 0 saturated carbocycles. The van der Waals surface area contributed by atoms with Crippen LogP contribution in [-0.4, -0.2) is 24.5 Å². The molecule has 8 heteroatoms. The summed E-state index contributed by atoms with van der Waals surface area (Å²) in [6.07, 6.45) is -2.38. The zero-order valence-electron chi connectivity index (χ0n) is 16.9. The lowest BCUT2D eigenvalue weighted by molar-refractivity contribution is -0.274. The Balaban J connectivity index is 1.83. The largest absolute Gasteiger partial charge is 0.573 e. The van der Waals surface area contributed by atoms with Crippen LogP contribution in [0, 0.1) is 0 Å². The van der Waals surface area contributed by atoms with Gasteiger partial charge >= 0.3 is 12.3 Å². The van der Waals surface area contributed by atoms with E-state index in [2.05, 4.69) is 4.74 Å². The van der Waals surface area contributed by atoms with Gasteiger partial charge in [0.25, 0.3) is 0 Å². The van der Waals surface area contributed by atoms with Gasteiger partial charge in [-0.2, -0.15) is 0 Å². The van der Waals surface area contributed by atoms with Gasteiger partial charge in [0.1, 0.15) is 23.9 Å². The molecule has 0 bridgehead atoms. The number of benzene rings is 3. The van der Waals surface area contributed by atoms with E-state index in [0.29, 0.717) is 22.4 Å². The highest BCUT2D eigenvalue weighted by molar-refractivity contribution is 5.86. The number of halogens is 3. The van der Waals surface area contributed by atoms with Crippen LogP contribution in [0.1, 0.15) is 11.1 Å². The zero-order valence-corrected chi connectivity index (χ0v) is 16.9. The van der Waals surface area contributed by atoms with Crippen molar-refractivity contribution in [3.8, 4) is 28.4 Å². The topological polar surface area (TPSA) is 65.0 Å². The molecule has 3 rings (SSSR count). The van der Waals surface area contributed by atoms with Crippen LogP contribution in [0.5, 0.6) is 17.2 Å². The van der Waals surface area contributed by atoms with Crippen molar-refractivity contribution in [2.24, 2.45) is 0 Å². The van der Waals surface area contributed by atoms with Gasteiger partial charge in [-0.3, -0.25) is 0 Å². The first kappa shape index (κ1) is 22.7. The van der Waals surface area contributed by atoms with Crippen LogP contribution in [0.25, 0.3) is 17.2 Å². The third-order valence-corrected chi connectivity index (χ3v) is 4.39. The fourth-order valence-corrected chi connectivity index (χ4v) is 2.88. The molecule has 3 aromatic rings. The number of rotatable bonds is 8. The highest BCUT2D eigenvalue weighted by Crippen LogP contribution is 2.31. The van der Waals surface area contributed by atoms with Crippen LogP contribution in [-0.2, 0) is 11.4 Å². The summed E-state index contributed by atoms with van der Waals surface area (Å²) in [7, 11) is 1.57. The summed E-state index contributed by atoms with van der Waals surface area (Å²) in [4.78, 5) is 11.0. The average Bonchev–Trinajstić information content (AvgIpc) is 2.76. The Kier molecular flexibility index (Phi) is 7.04. The molecule has 0 amide bonds. The Labute approximate surface area is 182 Å². The molecular formula is C24H19F3O5. The van der Waals surface area contributed by atoms with Crippen molar-refractivity contribution < 1.29 is 37.3 Å². The van der Waals surface area contributed by atoms with Gasteiger partial charge < -0.3 is 19.3 Å². The van der Waals surface area contributed by atoms with E-state index in [9.17, 15) is 18.0 Å². The predicted octanol–water partition coefficient (Wildman–Crippen LogP) is 5.94. The van der Waals surface area contributed by atoms with E-state index in [4.69, 9.17) is 14.6 Å². The molecule has 166 valence electrons. The van der Waals surface area contributed by atoms with Crippen molar-refractivity contribution in [3.05, 3.63) is 83.9 Å². The smallest absolute Gasteiger partial charge is 0.497 e. The summed E-state index contributed by atoms with van der Waals surface area (Å²) in [5.41, 5.74) is 2.70. The SMILES string of the molecule is COc1ccc(COc2ccc(-c3ccc(OC(F)(F)F)cc3)cc2/C=C/C(=O)O)cc1. The molecule has 0 aromatic heterocycles. The van der Waals surface area contributed by atoms with Crippen molar-refractivity contribution >= 4 is 12.0 Å². The van der Waals surface area contributed by atoms with Gasteiger partial charge in [0.2, 0.25) is 0 Å². The number of hydrogen-bond donors (Lipinski definition) is 1. The predicted molar refractivity (Wildman–Crippen MR) is 113 cm³/mol. The van der Waals surface area contributed by atoms with Crippen LogP contribution in [0.2, 0.25) is 0 Å². The second-order valence-electron chi connectivity index (χ2n) is 6.63. The Morgan fingerprint density at radius 3 is 2.16 bits per heavy atom. The maximum absolute atomic E-state index is 12.3. The highest BCUT2D eigenvalue weighted by atomic mass is 19.4. The molecule has 0 aliphatic carbocycles. The summed E-state index contributed by atoms with van der Waals surface area (Å²) in [6, 6.07) is 17.8. The molecule has 0 unspecified atom stereocenters. The van der Waals surface area contributed by atoms with Gasteiger partial charge in [-0.05, 0) is 59.2 Å². The lowest BCUT2D eigenvalue weighted by Gasteiger charge is -2.13. The number of ether oxygens (including phenoxy) is 3. The van der Waals surface area contributed by atoms with Crippen molar-refractivity contribution in [1.82, 2.24) is 0 Å². The van der Waals surface area contributed by atoms with Crippen molar-refractivity contribution in [1.29, 1.82) is 0 Å². The Morgan fingerprint density at radius 2 is 1.56 bits per heavy atom. The standard InChI is InChI=1S/C24H19F3O5/c1-30-20-8-2-16(3-9-20)15-31-22-12-6-18(14-19(22)7-13-23(28)29)17-4-10-21(11-5-17)32-24(25,26)27/h2-14H,15H2,1H3,(H,28,29)/b13-7+. The molecule has 0 radical (unpaired) electrons. The maximum atomic E-state index is 12.3. The monoisotopic (exact) mass is 444 g/mol. The Bertz CT molecular complexity index is 1090. The Hall–Kier alpha value is -3.94.